The van der Waals surface area contributed by atoms with Crippen LogP contribution in [-0.4, -0.2) is 11.3 Å². The number of hydrogen-bond acceptors (Lipinski definition) is 0. The van der Waals surface area contributed by atoms with Crippen LogP contribution in [0.3, 0.4) is 0 Å². The maximum absolute atomic E-state index is 2.35. The van der Waals surface area contributed by atoms with Crippen LogP contribution >= 0.6 is 8.58 Å². The summed E-state index contributed by atoms with van der Waals surface area (Å²) in [6, 6.07) is 0. The topological polar surface area (TPSA) is 0 Å². The van der Waals surface area contributed by atoms with Crippen LogP contribution in [0.25, 0.3) is 0 Å². The molecular weight excluding hydrogens is 199 g/mol. The average molecular weight is 230 g/mol. The van der Waals surface area contributed by atoms with Gasteiger partial charge in [0.15, 0.2) is 0 Å². The molecule has 0 saturated heterocycles. The second-order valence-corrected chi connectivity index (χ2v) is 6.72. The van der Waals surface area contributed by atoms with Crippen LogP contribution in [0.2, 0.25) is 0 Å². The summed E-state index contributed by atoms with van der Waals surface area (Å²) in [7, 11) is 1.22. The van der Waals surface area contributed by atoms with Crippen molar-refractivity contribution in [2.24, 2.45) is 0 Å². The molecule has 0 radical (unpaired) electrons. The SMILES string of the molecule is CCCCPC(CCC)(CCC)CCC. The second kappa shape index (κ2) is 9.64. The highest BCUT2D eigenvalue weighted by Gasteiger charge is 2.26. The van der Waals surface area contributed by atoms with Crippen molar-refractivity contribution in [1.82, 2.24) is 0 Å². The third-order valence-corrected chi connectivity index (χ3v) is 5.32. The van der Waals surface area contributed by atoms with E-state index in [1.807, 2.05) is 0 Å². The molecule has 0 fully saturated rings. The second-order valence-electron chi connectivity index (χ2n) is 4.81. The first-order chi connectivity index (χ1) is 7.24. The normalized spacial score (nSPS) is 12.8. The first kappa shape index (κ1) is 15.4. The highest BCUT2D eigenvalue weighted by atomic mass is 31.1. The minimum absolute atomic E-state index is 0.730. The lowest BCUT2D eigenvalue weighted by molar-refractivity contribution is 0.448. The molecular formula is C14H31P. The van der Waals surface area contributed by atoms with Crippen molar-refractivity contribution in [2.75, 3.05) is 6.16 Å². The van der Waals surface area contributed by atoms with Crippen molar-refractivity contribution in [3.8, 4) is 0 Å². The van der Waals surface area contributed by atoms with Gasteiger partial charge in [-0.25, -0.2) is 0 Å². The molecule has 0 aliphatic carbocycles. The maximum Gasteiger partial charge on any atom is -0.0122 e. The molecule has 1 atom stereocenters. The van der Waals surface area contributed by atoms with E-state index in [1.165, 1.54) is 66.1 Å². The molecule has 0 N–H and O–H groups in total. The molecule has 0 bridgehead atoms. The molecule has 0 aromatic rings. The Morgan fingerprint density at radius 2 is 1.20 bits per heavy atom. The molecule has 0 spiro atoms. The third kappa shape index (κ3) is 6.56. The highest BCUT2D eigenvalue weighted by molar-refractivity contribution is 7.40. The van der Waals surface area contributed by atoms with E-state index in [2.05, 4.69) is 27.7 Å². The van der Waals surface area contributed by atoms with Gasteiger partial charge in [0.1, 0.15) is 0 Å². The Morgan fingerprint density at radius 1 is 0.733 bits per heavy atom. The van der Waals surface area contributed by atoms with E-state index in [1.54, 1.807) is 0 Å². The Labute approximate surface area is 99.4 Å². The molecule has 0 amide bonds. The summed E-state index contributed by atoms with van der Waals surface area (Å²) < 4.78 is 0. The highest BCUT2D eigenvalue weighted by Crippen LogP contribution is 2.44. The zero-order chi connectivity index (χ0) is 11.6. The van der Waals surface area contributed by atoms with Crippen molar-refractivity contribution in [3.05, 3.63) is 0 Å². The Morgan fingerprint density at radius 3 is 1.53 bits per heavy atom. The van der Waals surface area contributed by atoms with Crippen LogP contribution in [-0.2, 0) is 0 Å². The lowest BCUT2D eigenvalue weighted by Gasteiger charge is -2.34. The summed E-state index contributed by atoms with van der Waals surface area (Å²) in [4.78, 5) is 0. The van der Waals surface area contributed by atoms with Gasteiger partial charge < -0.3 is 0 Å². The molecule has 0 heterocycles. The molecule has 92 valence electrons. The average Bonchev–Trinajstić information content (AvgIpc) is 2.19. The third-order valence-electron chi connectivity index (χ3n) is 3.22. The number of rotatable bonds is 10. The molecule has 0 aromatic heterocycles. The fourth-order valence-electron chi connectivity index (χ4n) is 2.61. The van der Waals surface area contributed by atoms with Crippen LogP contribution < -0.4 is 0 Å². The van der Waals surface area contributed by atoms with E-state index in [-0.39, 0.29) is 0 Å². The van der Waals surface area contributed by atoms with Gasteiger partial charge in [0, 0.05) is 0 Å². The minimum atomic E-state index is 0.730. The Kier molecular flexibility index (Phi) is 9.92. The molecule has 15 heavy (non-hydrogen) atoms. The van der Waals surface area contributed by atoms with E-state index in [0.29, 0.717) is 0 Å². The van der Waals surface area contributed by atoms with Gasteiger partial charge in [0.05, 0.1) is 0 Å². The quantitative estimate of drug-likeness (QED) is 0.338. The lowest BCUT2D eigenvalue weighted by Crippen LogP contribution is -2.23. The van der Waals surface area contributed by atoms with Gasteiger partial charge in [-0.2, -0.15) is 0 Å². The molecule has 0 aliphatic rings. The zero-order valence-electron chi connectivity index (χ0n) is 11.4. The summed E-state index contributed by atoms with van der Waals surface area (Å²) in [6.07, 6.45) is 12.8. The van der Waals surface area contributed by atoms with Crippen LogP contribution in [0.5, 0.6) is 0 Å². The van der Waals surface area contributed by atoms with E-state index in [4.69, 9.17) is 0 Å². The molecule has 0 nitrogen and oxygen atoms in total. The van der Waals surface area contributed by atoms with Crippen molar-refractivity contribution in [1.29, 1.82) is 0 Å². The maximum atomic E-state index is 2.35. The van der Waals surface area contributed by atoms with Crippen LogP contribution in [0.15, 0.2) is 0 Å². The van der Waals surface area contributed by atoms with Gasteiger partial charge >= 0.3 is 0 Å². The monoisotopic (exact) mass is 230 g/mol. The standard InChI is InChI=1S/C14H31P/c1-5-9-13-15-14(10-6-2,11-7-3)12-8-4/h15H,5-13H2,1-4H3. The van der Waals surface area contributed by atoms with Gasteiger partial charge in [0.25, 0.3) is 0 Å². The zero-order valence-corrected chi connectivity index (χ0v) is 12.4. The van der Waals surface area contributed by atoms with E-state index in [0.717, 1.165) is 5.16 Å². The fourth-order valence-corrected chi connectivity index (χ4v) is 4.95. The van der Waals surface area contributed by atoms with Gasteiger partial charge in [-0.15, -0.1) is 8.58 Å². The van der Waals surface area contributed by atoms with Crippen molar-refractivity contribution < 1.29 is 0 Å². The smallest absolute Gasteiger partial charge is 0.0122 e. The fraction of sp³-hybridized carbons (Fsp3) is 1.00. The Bertz CT molecular complexity index is 114. The van der Waals surface area contributed by atoms with E-state index in [9.17, 15) is 0 Å². The van der Waals surface area contributed by atoms with Crippen LogP contribution in [0.4, 0.5) is 0 Å². The summed E-state index contributed by atoms with van der Waals surface area (Å²) in [6.45, 7) is 9.37. The summed E-state index contributed by atoms with van der Waals surface area (Å²) in [5.74, 6) is 0. The molecule has 0 saturated carbocycles. The summed E-state index contributed by atoms with van der Waals surface area (Å²) in [5, 5.41) is 0.730. The number of unbranched alkanes of at least 4 members (excludes halogenated alkanes) is 1. The Hall–Kier alpha value is 0.430. The summed E-state index contributed by atoms with van der Waals surface area (Å²) in [5.41, 5.74) is 0. The van der Waals surface area contributed by atoms with Gasteiger partial charge in [-0.1, -0.05) is 53.4 Å². The minimum Gasteiger partial charge on any atom is -0.116 e. The Balaban J connectivity index is 4.18. The lowest BCUT2D eigenvalue weighted by atomic mass is 9.92. The molecule has 0 rings (SSSR count). The van der Waals surface area contributed by atoms with Crippen molar-refractivity contribution in [2.45, 2.75) is 84.2 Å². The largest absolute Gasteiger partial charge is 0.116 e. The summed E-state index contributed by atoms with van der Waals surface area (Å²) >= 11 is 0. The molecule has 0 aromatic carbocycles. The molecule has 1 unspecified atom stereocenters. The van der Waals surface area contributed by atoms with E-state index < -0.39 is 0 Å². The van der Waals surface area contributed by atoms with Crippen LogP contribution in [0, 0.1) is 0 Å². The first-order valence-electron chi connectivity index (χ1n) is 6.99. The van der Waals surface area contributed by atoms with E-state index >= 15 is 0 Å². The van der Waals surface area contributed by atoms with Gasteiger partial charge in [-0.3, -0.25) is 0 Å². The predicted octanol–water partition coefficient (Wildman–Crippen LogP) is 5.60. The first-order valence-corrected chi connectivity index (χ1v) is 8.20. The molecule has 1 heteroatoms. The number of hydrogen-bond donors (Lipinski definition) is 0. The van der Waals surface area contributed by atoms with Gasteiger partial charge in [0.2, 0.25) is 0 Å². The predicted molar refractivity (Wildman–Crippen MR) is 75.5 cm³/mol. The van der Waals surface area contributed by atoms with Crippen LogP contribution in [0.1, 0.15) is 79.1 Å². The molecule has 0 aliphatic heterocycles. The van der Waals surface area contributed by atoms with Gasteiger partial charge in [-0.05, 0) is 37.0 Å². The van der Waals surface area contributed by atoms with Crippen molar-refractivity contribution >= 4 is 8.58 Å². The van der Waals surface area contributed by atoms with Crippen molar-refractivity contribution in [3.63, 3.8) is 0 Å².